The summed E-state index contributed by atoms with van der Waals surface area (Å²) in [6, 6.07) is 13.4. The lowest BCUT2D eigenvalue weighted by atomic mass is 9.99. The first-order valence-electron chi connectivity index (χ1n) is 6.20. The van der Waals surface area contributed by atoms with Crippen LogP contribution in [0.3, 0.4) is 0 Å². The minimum atomic E-state index is -0.576. The fourth-order valence-electron chi connectivity index (χ4n) is 1.89. The Morgan fingerprint density at radius 2 is 1.95 bits per heavy atom. The van der Waals surface area contributed by atoms with Gasteiger partial charge in [-0.1, -0.05) is 34.1 Å². The number of ether oxygens (including phenoxy) is 1. The molecule has 0 radical (unpaired) electrons. The van der Waals surface area contributed by atoms with Crippen molar-refractivity contribution in [2.24, 2.45) is 0 Å². The highest BCUT2D eigenvalue weighted by atomic mass is 79.9. The number of carbonyl (C=O) groups is 1. The third kappa shape index (κ3) is 3.93. The zero-order valence-corrected chi connectivity index (χ0v) is 12.9. The minimum absolute atomic E-state index is 0.576. The summed E-state index contributed by atoms with van der Waals surface area (Å²) in [4.78, 5) is 11.1. The third-order valence-corrected chi connectivity index (χ3v) is 3.47. The maximum absolute atomic E-state index is 11.1. The molecule has 0 heterocycles. The van der Waals surface area contributed by atoms with E-state index in [0.29, 0.717) is 0 Å². The summed E-state index contributed by atoms with van der Waals surface area (Å²) in [6.45, 7) is 0. The highest BCUT2D eigenvalue weighted by Gasteiger charge is 2.06. The molecule has 2 aromatic rings. The van der Waals surface area contributed by atoms with Crippen LogP contribution in [0, 0.1) is 0 Å². The molecule has 0 spiro atoms. The van der Waals surface area contributed by atoms with Crippen molar-refractivity contribution in [2.45, 2.75) is 0 Å². The van der Waals surface area contributed by atoms with Crippen molar-refractivity contribution in [3.8, 4) is 16.9 Å². The molecule has 108 valence electrons. The molecule has 0 saturated heterocycles. The second-order valence-corrected chi connectivity index (χ2v) is 5.19. The van der Waals surface area contributed by atoms with E-state index in [0.717, 1.165) is 26.9 Å². The van der Waals surface area contributed by atoms with Gasteiger partial charge in [-0.3, -0.25) is 10.0 Å². The Morgan fingerprint density at radius 1 is 1.24 bits per heavy atom. The molecule has 0 saturated carbocycles. The molecule has 2 N–H and O–H groups in total. The number of halogens is 1. The molecule has 0 unspecified atom stereocenters. The van der Waals surface area contributed by atoms with Crippen molar-refractivity contribution >= 4 is 27.9 Å². The molecule has 2 aromatic carbocycles. The van der Waals surface area contributed by atoms with Crippen LogP contribution in [0.25, 0.3) is 17.2 Å². The molecular formula is C16H14BrNO3. The molecule has 0 atom stereocenters. The molecule has 21 heavy (non-hydrogen) atoms. The van der Waals surface area contributed by atoms with Crippen LogP contribution in [0.1, 0.15) is 5.56 Å². The Balaban J connectivity index is 2.47. The number of rotatable bonds is 4. The maximum atomic E-state index is 11.1. The van der Waals surface area contributed by atoms with E-state index >= 15 is 0 Å². The van der Waals surface area contributed by atoms with Gasteiger partial charge in [0.1, 0.15) is 5.75 Å². The lowest BCUT2D eigenvalue weighted by molar-refractivity contribution is -0.124. The molecular weight excluding hydrogens is 334 g/mol. The van der Waals surface area contributed by atoms with E-state index in [1.807, 2.05) is 42.5 Å². The van der Waals surface area contributed by atoms with Gasteiger partial charge in [0, 0.05) is 10.5 Å². The average Bonchev–Trinajstić information content (AvgIpc) is 2.53. The first kappa shape index (κ1) is 15.3. The van der Waals surface area contributed by atoms with Gasteiger partial charge in [0.25, 0.3) is 5.91 Å². The number of nitrogens with one attached hydrogen (secondary N) is 1. The van der Waals surface area contributed by atoms with Gasteiger partial charge in [-0.05, 0) is 47.0 Å². The monoisotopic (exact) mass is 347 g/mol. The van der Waals surface area contributed by atoms with Crippen LogP contribution >= 0.6 is 15.9 Å². The van der Waals surface area contributed by atoms with Gasteiger partial charge < -0.3 is 4.74 Å². The van der Waals surface area contributed by atoms with Crippen LogP contribution in [0.15, 0.2) is 53.0 Å². The first-order chi connectivity index (χ1) is 10.1. The molecule has 1 amide bonds. The third-order valence-electron chi connectivity index (χ3n) is 2.94. The van der Waals surface area contributed by atoms with Gasteiger partial charge in [0.2, 0.25) is 0 Å². The quantitative estimate of drug-likeness (QED) is 0.504. The van der Waals surface area contributed by atoms with Gasteiger partial charge in [-0.25, -0.2) is 5.48 Å². The van der Waals surface area contributed by atoms with Crippen LogP contribution in [0.5, 0.6) is 5.75 Å². The molecule has 0 aromatic heterocycles. The molecule has 0 aliphatic rings. The molecule has 5 heteroatoms. The number of hydrogen-bond acceptors (Lipinski definition) is 3. The molecule has 2 rings (SSSR count). The number of hydroxylamine groups is 1. The van der Waals surface area contributed by atoms with Crippen molar-refractivity contribution in [1.29, 1.82) is 0 Å². The topological polar surface area (TPSA) is 58.6 Å². The Labute approximate surface area is 131 Å². The summed E-state index contributed by atoms with van der Waals surface area (Å²) >= 11 is 3.40. The Bertz CT molecular complexity index is 666. The Morgan fingerprint density at radius 3 is 2.57 bits per heavy atom. The van der Waals surface area contributed by atoms with Crippen LogP contribution in [0.2, 0.25) is 0 Å². The maximum Gasteiger partial charge on any atom is 0.267 e. The zero-order valence-electron chi connectivity index (χ0n) is 11.3. The summed E-state index contributed by atoms with van der Waals surface area (Å²) < 4.78 is 6.24. The van der Waals surface area contributed by atoms with Gasteiger partial charge in [0.15, 0.2) is 0 Å². The van der Waals surface area contributed by atoms with E-state index in [1.54, 1.807) is 18.7 Å². The lowest BCUT2D eigenvalue weighted by Crippen LogP contribution is -2.14. The molecule has 0 bridgehead atoms. The van der Waals surface area contributed by atoms with E-state index in [1.165, 1.54) is 6.08 Å². The smallest absolute Gasteiger partial charge is 0.267 e. The van der Waals surface area contributed by atoms with E-state index in [4.69, 9.17) is 9.94 Å². The average molecular weight is 348 g/mol. The number of methoxy groups -OCH3 is 1. The fraction of sp³-hybridized carbons (Fsp3) is 0.0625. The summed E-state index contributed by atoms with van der Waals surface area (Å²) in [5.41, 5.74) is 4.35. The zero-order chi connectivity index (χ0) is 15.2. The largest absolute Gasteiger partial charge is 0.497 e. The summed E-state index contributed by atoms with van der Waals surface area (Å²) in [5, 5.41) is 8.54. The predicted molar refractivity (Wildman–Crippen MR) is 85.1 cm³/mol. The summed E-state index contributed by atoms with van der Waals surface area (Å²) in [6.07, 6.45) is 2.91. The van der Waals surface area contributed by atoms with Crippen molar-refractivity contribution < 1.29 is 14.7 Å². The van der Waals surface area contributed by atoms with Gasteiger partial charge in [0.05, 0.1) is 7.11 Å². The van der Waals surface area contributed by atoms with E-state index in [2.05, 4.69) is 15.9 Å². The van der Waals surface area contributed by atoms with Crippen molar-refractivity contribution in [3.63, 3.8) is 0 Å². The molecule has 0 fully saturated rings. The number of benzene rings is 2. The molecule has 0 aliphatic heterocycles. The first-order valence-corrected chi connectivity index (χ1v) is 6.99. The second-order valence-electron chi connectivity index (χ2n) is 4.27. The predicted octanol–water partition coefficient (Wildman–Crippen LogP) is 3.64. The number of amides is 1. The number of carbonyl (C=O) groups excluding carboxylic acids is 1. The van der Waals surface area contributed by atoms with Crippen LogP contribution in [-0.2, 0) is 4.79 Å². The minimum Gasteiger partial charge on any atom is -0.497 e. The lowest BCUT2D eigenvalue weighted by Gasteiger charge is -2.09. The normalized spacial score (nSPS) is 10.6. The van der Waals surface area contributed by atoms with E-state index < -0.39 is 5.91 Å². The summed E-state index contributed by atoms with van der Waals surface area (Å²) in [5.74, 6) is 0.157. The van der Waals surface area contributed by atoms with Gasteiger partial charge >= 0.3 is 0 Å². The van der Waals surface area contributed by atoms with Gasteiger partial charge in [-0.15, -0.1) is 0 Å². The highest BCUT2D eigenvalue weighted by Crippen LogP contribution is 2.30. The van der Waals surface area contributed by atoms with E-state index in [9.17, 15) is 4.79 Å². The fourth-order valence-corrected chi connectivity index (χ4v) is 2.15. The van der Waals surface area contributed by atoms with Crippen LogP contribution in [-0.4, -0.2) is 18.2 Å². The molecule has 0 aliphatic carbocycles. The van der Waals surface area contributed by atoms with Gasteiger partial charge in [-0.2, -0.15) is 0 Å². The van der Waals surface area contributed by atoms with Crippen LogP contribution < -0.4 is 10.2 Å². The standard InChI is InChI=1S/C16H14BrNO3/c1-21-14-8-4-12(5-9-16(19)18-20)15(10-14)11-2-6-13(17)7-3-11/h2-10,20H,1H3,(H,18,19)/b9-5+. The second kappa shape index (κ2) is 7.06. The van der Waals surface area contributed by atoms with Crippen LogP contribution in [0.4, 0.5) is 0 Å². The SMILES string of the molecule is COc1ccc(/C=C/C(=O)NO)c(-c2ccc(Br)cc2)c1. The van der Waals surface area contributed by atoms with Crippen molar-refractivity contribution in [1.82, 2.24) is 5.48 Å². The Hall–Kier alpha value is -2.11. The van der Waals surface area contributed by atoms with Crippen molar-refractivity contribution in [2.75, 3.05) is 7.11 Å². The summed E-state index contributed by atoms with van der Waals surface area (Å²) in [7, 11) is 1.61. The van der Waals surface area contributed by atoms with Crippen molar-refractivity contribution in [3.05, 3.63) is 58.6 Å². The number of hydrogen-bond donors (Lipinski definition) is 2. The van der Waals surface area contributed by atoms with E-state index in [-0.39, 0.29) is 0 Å². The Kier molecular flexibility index (Phi) is 5.14. The highest BCUT2D eigenvalue weighted by molar-refractivity contribution is 9.10. The molecule has 4 nitrogen and oxygen atoms in total.